The van der Waals surface area contributed by atoms with E-state index >= 15 is 0 Å². The molecule has 0 aromatic carbocycles. The molecular formula is C14H16BrN3O3. The summed E-state index contributed by atoms with van der Waals surface area (Å²) in [5, 5.41) is 16.1. The van der Waals surface area contributed by atoms with Gasteiger partial charge in [0, 0.05) is 12.0 Å². The molecule has 2 aromatic rings. The van der Waals surface area contributed by atoms with Crippen LogP contribution in [-0.4, -0.2) is 21.2 Å². The van der Waals surface area contributed by atoms with Gasteiger partial charge < -0.3 is 14.9 Å². The van der Waals surface area contributed by atoms with E-state index in [1.807, 2.05) is 0 Å². The number of rotatable bonds is 5. The number of nitrogens with one attached hydrogen (secondary N) is 1. The van der Waals surface area contributed by atoms with E-state index in [9.17, 15) is 9.90 Å². The van der Waals surface area contributed by atoms with Gasteiger partial charge in [-0.25, -0.2) is 4.98 Å². The molecule has 0 atom stereocenters. The van der Waals surface area contributed by atoms with Crippen molar-refractivity contribution in [2.75, 3.05) is 5.32 Å². The summed E-state index contributed by atoms with van der Waals surface area (Å²) in [5.41, 5.74) is 0.761. The molecule has 6 nitrogen and oxygen atoms in total. The third-order valence-electron chi connectivity index (χ3n) is 3.23. The number of hydrogen-bond donors (Lipinski definition) is 2. The number of aromatic hydroxyl groups is 1. The molecular weight excluding hydrogens is 338 g/mol. The van der Waals surface area contributed by atoms with Crippen LogP contribution in [0.5, 0.6) is 5.75 Å². The smallest absolute Gasteiger partial charge is 0.295 e. The maximum absolute atomic E-state index is 12.1. The van der Waals surface area contributed by atoms with Gasteiger partial charge in [-0.2, -0.15) is 0 Å². The number of halogens is 1. The number of hydrogen-bond acceptors (Lipinski definition) is 5. The molecule has 0 unspecified atom stereocenters. The molecule has 1 amide bonds. The molecule has 0 fully saturated rings. The average molecular weight is 354 g/mol. The van der Waals surface area contributed by atoms with Crippen LogP contribution < -0.4 is 5.32 Å². The van der Waals surface area contributed by atoms with Crippen molar-refractivity contribution < 1.29 is 14.4 Å². The maximum atomic E-state index is 12.1. The van der Waals surface area contributed by atoms with Crippen LogP contribution in [0.25, 0.3) is 0 Å². The number of aromatic nitrogens is 2. The minimum absolute atomic E-state index is 0.0647. The zero-order valence-corrected chi connectivity index (χ0v) is 13.3. The second-order valence-corrected chi connectivity index (χ2v) is 5.40. The number of amides is 1. The summed E-state index contributed by atoms with van der Waals surface area (Å²) in [6, 6.07) is 4.63. The number of carbonyl (C=O) groups excluding carboxylic acids is 1. The van der Waals surface area contributed by atoms with Crippen LogP contribution in [0.1, 0.15) is 48.9 Å². The van der Waals surface area contributed by atoms with E-state index in [0.717, 1.165) is 18.5 Å². The SMILES string of the molecule is CCC(CC)c1cc(C(=O)Nc2nc(Br)ccc2O)on1. The van der Waals surface area contributed by atoms with Crippen molar-refractivity contribution in [2.45, 2.75) is 32.6 Å². The van der Waals surface area contributed by atoms with Gasteiger partial charge in [-0.05, 0) is 40.9 Å². The standard InChI is InChI=1S/C14H16BrN3O3/c1-3-8(4-2)9-7-11(21-18-9)14(20)17-13-10(19)5-6-12(15)16-13/h5-8,19H,3-4H2,1-2H3,(H,16,17,20). The summed E-state index contributed by atoms with van der Waals surface area (Å²) in [4.78, 5) is 16.1. The Bertz CT molecular complexity index is 638. The quantitative estimate of drug-likeness (QED) is 0.800. The summed E-state index contributed by atoms with van der Waals surface area (Å²) in [6.45, 7) is 4.12. The number of carbonyl (C=O) groups is 1. The third-order valence-corrected chi connectivity index (χ3v) is 3.67. The molecule has 0 saturated carbocycles. The first-order valence-electron chi connectivity index (χ1n) is 6.68. The molecule has 0 radical (unpaired) electrons. The summed E-state index contributed by atoms with van der Waals surface area (Å²) in [5.74, 6) is -0.187. The van der Waals surface area contributed by atoms with Crippen LogP contribution in [0, 0.1) is 0 Å². The van der Waals surface area contributed by atoms with Crippen molar-refractivity contribution in [2.24, 2.45) is 0 Å². The van der Waals surface area contributed by atoms with E-state index in [1.165, 1.54) is 6.07 Å². The monoisotopic (exact) mass is 353 g/mol. The molecule has 7 heteroatoms. The molecule has 2 aromatic heterocycles. The molecule has 2 rings (SSSR count). The molecule has 2 N–H and O–H groups in total. The average Bonchev–Trinajstić information content (AvgIpc) is 2.94. The minimum atomic E-state index is -0.499. The molecule has 112 valence electrons. The van der Waals surface area contributed by atoms with Crippen LogP contribution in [0.4, 0.5) is 5.82 Å². The fourth-order valence-corrected chi connectivity index (χ4v) is 2.29. The lowest BCUT2D eigenvalue weighted by Gasteiger charge is -2.06. The topological polar surface area (TPSA) is 88.2 Å². The first kappa shape index (κ1) is 15.5. The van der Waals surface area contributed by atoms with E-state index in [4.69, 9.17) is 4.52 Å². The van der Waals surface area contributed by atoms with Gasteiger partial charge in [-0.1, -0.05) is 19.0 Å². The van der Waals surface area contributed by atoms with Crippen molar-refractivity contribution >= 4 is 27.7 Å². The highest BCUT2D eigenvalue weighted by Crippen LogP contribution is 2.25. The van der Waals surface area contributed by atoms with Crippen LogP contribution in [0.2, 0.25) is 0 Å². The molecule has 0 bridgehead atoms. The molecule has 0 aliphatic heterocycles. The third kappa shape index (κ3) is 3.60. The van der Waals surface area contributed by atoms with Gasteiger partial charge in [0.15, 0.2) is 11.6 Å². The predicted octanol–water partition coefficient (Wildman–Crippen LogP) is 3.69. The fraction of sp³-hybridized carbons (Fsp3) is 0.357. The van der Waals surface area contributed by atoms with E-state index in [-0.39, 0.29) is 23.2 Å². The molecule has 2 heterocycles. The van der Waals surface area contributed by atoms with Gasteiger partial charge >= 0.3 is 0 Å². The Hall–Kier alpha value is -1.89. The Morgan fingerprint density at radius 1 is 1.43 bits per heavy atom. The fourth-order valence-electron chi connectivity index (χ4n) is 1.98. The summed E-state index contributed by atoms with van der Waals surface area (Å²) >= 11 is 3.18. The molecule has 21 heavy (non-hydrogen) atoms. The molecule has 0 saturated heterocycles. The highest BCUT2D eigenvalue weighted by Gasteiger charge is 2.19. The number of nitrogens with zero attached hydrogens (tertiary/aromatic N) is 2. The van der Waals surface area contributed by atoms with Gasteiger partial charge in [-0.15, -0.1) is 0 Å². The largest absolute Gasteiger partial charge is 0.504 e. The zero-order chi connectivity index (χ0) is 15.4. The lowest BCUT2D eigenvalue weighted by Crippen LogP contribution is -2.12. The van der Waals surface area contributed by atoms with E-state index in [2.05, 4.69) is 45.2 Å². The Balaban J connectivity index is 2.15. The Morgan fingerprint density at radius 2 is 2.14 bits per heavy atom. The summed E-state index contributed by atoms with van der Waals surface area (Å²) in [7, 11) is 0. The lowest BCUT2D eigenvalue weighted by atomic mass is 9.99. The highest BCUT2D eigenvalue weighted by molar-refractivity contribution is 9.10. The maximum Gasteiger partial charge on any atom is 0.295 e. The Morgan fingerprint density at radius 3 is 2.81 bits per heavy atom. The Labute approximate surface area is 130 Å². The van der Waals surface area contributed by atoms with Gasteiger partial charge in [0.1, 0.15) is 4.60 Å². The molecule has 0 spiro atoms. The van der Waals surface area contributed by atoms with Crippen molar-refractivity contribution in [3.8, 4) is 5.75 Å². The van der Waals surface area contributed by atoms with Crippen molar-refractivity contribution in [1.29, 1.82) is 0 Å². The van der Waals surface area contributed by atoms with Crippen LogP contribution >= 0.6 is 15.9 Å². The number of anilines is 1. The van der Waals surface area contributed by atoms with Gasteiger partial charge in [0.05, 0.1) is 5.69 Å². The normalized spacial score (nSPS) is 10.9. The highest BCUT2D eigenvalue weighted by atomic mass is 79.9. The second kappa shape index (κ2) is 6.71. The lowest BCUT2D eigenvalue weighted by molar-refractivity contribution is 0.0987. The van der Waals surface area contributed by atoms with E-state index in [0.29, 0.717) is 4.60 Å². The van der Waals surface area contributed by atoms with Gasteiger partial charge in [-0.3, -0.25) is 4.79 Å². The second-order valence-electron chi connectivity index (χ2n) is 4.59. The van der Waals surface area contributed by atoms with Crippen LogP contribution in [0.3, 0.4) is 0 Å². The van der Waals surface area contributed by atoms with E-state index in [1.54, 1.807) is 12.1 Å². The zero-order valence-electron chi connectivity index (χ0n) is 11.8. The van der Waals surface area contributed by atoms with E-state index < -0.39 is 5.91 Å². The molecule has 0 aliphatic carbocycles. The summed E-state index contributed by atoms with van der Waals surface area (Å²) in [6.07, 6.45) is 1.86. The minimum Gasteiger partial charge on any atom is -0.504 e. The van der Waals surface area contributed by atoms with Crippen molar-refractivity contribution in [3.63, 3.8) is 0 Å². The molecule has 0 aliphatic rings. The summed E-state index contributed by atoms with van der Waals surface area (Å²) < 4.78 is 5.58. The van der Waals surface area contributed by atoms with Crippen molar-refractivity contribution in [3.05, 3.63) is 34.3 Å². The number of pyridine rings is 1. The first-order valence-corrected chi connectivity index (χ1v) is 7.47. The van der Waals surface area contributed by atoms with Gasteiger partial charge in [0.25, 0.3) is 5.91 Å². The first-order chi connectivity index (χ1) is 10.0. The predicted molar refractivity (Wildman–Crippen MR) is 81.4 cm³/mol. The Kier molecular flexibility index (Phi) is 4.95. The van der Waals surface area contributed by atoms with Crippen LogP contribution in [-0.2, 0) is 0 Å². The van der Waals surface area contributed by atoms with Gasteiger partial charge in [0.2, 0.25) is 5.76 Å². The van der Waals surface area contributed by atoms with Crippen LogP contribution in [0.15, 0.2) is 27.3 Å². The van der Waals surface area contributed by atoms with Crippen molar-refractivity contribution in [1.82, 2.24) is 10.1 Å².